The SMILES string of the molecule is Cc1c(CC[C@H](C)CCC[C@H](C)CCC[C@@H](C)CCC[C@H](C)CCC[C@@H](C)CCCC(C)C)c(O)c2ccccc2c1O. The van der Waals surface area contributed by atoms with Gasteiger partial charge in [0, 0.05) is 16.3 Å². The van der Waals surface area contributed by atoms with Crippen LogP contribution in [-0.2, 0) is 6.42 Å². The highest BCUT2D eigenvalue weighted by Crippen LogP contribution is 2.40. The molecule has 246 valence electrons. The molecule has 2 aromatic rings. The summed E-state index contributed by atoms with van der Waals surface area (Å²) in [6.07, 6.45) is 22.6. The fourth-order valence-corrected chi connectivity index (χ4v) is 7.13. The minimum atomic E-state index is 0.317. The van der Waals surface area contributed by atoms with Crippen LogP contribution in [0.15, 0.2) is 24.3 Å². The minimum absolute atomic E-state index is 0.317. The van der Waals surface area contributed by atoms with E-state index >= 15 is 0 Å². The van der Waals surface area contributed by atoms with Crippen molar-refractivity contribution in [3.63, 3.8) is 0 Å². The van der Waals surface area contributed by atoms with Crippen molar-refractivity contribution in [1.29, 1.82) is 0 Å². The van der Waals surface area contributed by atoms with Gasteiger partial charge in [0.1, 0.15) is 11.5 Å². The van der Waals surface area contributed by atoms with Gasteiger partial charge in [0.05, 0.1) is 0 Å². The number of rotatable bonds is 23. The standard InChI is InChI=1S/C41H70O2/c1-30(2)16-11-17-31(3)18-12-19-32(4)20-13-21-33(5)22-14-23-34(6)24-15-25-35(7)28-29-37-36(8)40(42)38-26-9-10-27-39(38)41(37)43/h9-10,26-27,30-35,42-43H,11-25,28-29H2,1-8H3/t31-,32+,33-,34+,35+/m0/s1. The third-order valence-corrected chi connectivity index (χ3v) is 10.5. The van der Waals surface area contributed by atoms with Gasteiger partial charge in [0.15, 0.2) is 0 Å². The molecule has 43 heavy (non-hydrogen) atoms. The van der Waals surface area contributed by atoms with Gasteiger partial charge in [0.2, 0.25) is 0 Å². The summed E-state index contributed by atoms with van der Waals surface area (Å²) in [6.45, 7) is 18.8. The van der Waals surface area contributed by atoms with Crippen molar-refractivity contribution in [2.75, 3.05) is 0 Å². The van der Waals surface area contributed by atoms with Gasteiger partial charge in [-0.2, -0.15) is 0 Å². The Morgan fingerprint density at radius 2 is 0.791 bits per heavy atom. The van der Waals surface area contributed by atoms with Crippen LogP contribution < -0.4 is 0 Å². The first-order valence-electron chi connectivity index (χ1n) is 18.4. The maximum atomic E-state index is 10.9. The molecule has 0 saturated carbocycles. The van der Waals surface area contributed by atoms with Gasteiger partial charge in [0.25, 0.3) is 0 Å². The summed E-state index contributed by atoms with van der Waals surface area (Å²) >= 11 is 0. The van der Waals surface area contributed by atoms with Crippen molar-refractivity contribution in [1.82, 2.24) is 0 Å². The lowest BCUT2D eigenvalue weighted by Gasteiger charge is -2.18. The number of hydrogen-bond acceptors (Lipinski definition) is 2. The Kier molecular flexibility index (Phi) is 17.7. The van der Waals surface area contributed by atoms with Gasteiger partial charge >= 0.3 is 0 Å². The Balaban J connectivity index is 1.52. The average Bonchev–Trinajstić information content (AvgIpc) is 2.95. The number of aromatic hydroxyl groups is 2. The van der Waals surface area contributed by atoms with E-state index in [1.54, 1.807) is 0 Å². The molecule has 0 bridgehead atoms. The van der Waals surface area contributed by atoms with E-state index in [2.05, 4.69) is 48.5 Å². The van der Waals surface area contributed by atoms with E-state index in [1.807, 2.05) is 31.2 Å². The monoisotopic (exact) mass is 595 g/mol. The summed E-state index contributed by atoms with van der Waals surface area (Å²) in [6, 6.07) is 7.61. The molecule has 0 spiro atoms. The molecule has 0 fully saturated rings. The number of fused-ring (bicyclic) bond motifs is 1. The quantitative estimate of drug-likeness (QED) is 0.126. The first-order valence-corrected chi connectivity index (χ1v) is 18.4. The van der Waals surface area contributed by atoms with Gasteiger partial charge in [-0.05, 0) is 60.8 Å². The fourth-order valence-electron chi connectivity index (χ4n) is 7.13. The molecule has 2 rings (SSSR count). The lowest BCUT2D eigenvalue weighted by Crippen LogP contribution is -2.03. The molecule has 0 saturated heterocycles. The van der Waals surface area contributed by atoms with Gasteiger partial charge in [-0.15, -0.1) is 0 Å². The Bertz CT molecular complexity index is 1020. The van der Waals surface area contributed by atoms with Crippen LogP contribution in [0.5, 0.6) is 11.5 Å². The Hall–Kier alpha value is -1.70. The third kappa shape index (κ3) is 14.3. The van der Waals surface area contributed by atoms with Crippen LogP contribution in [0.1, 0.15) is 162 Å². The molecule has 2 heteroatoms. The van der Waals surface area contributed by atoms with Gasteiger partial charge in [-0.1, -0.05) is 169 Å². The summed E-state index contributed by atoms with van der Waals surface area (Å²) in [7, 11) is 0. The van der Waals surface area contributed by atoms with Crippen molar-refractivity contribution in [3.05, 3.63) is 35.4 Å². The second kappa shape index (κ2) is 20.4. The van der Waals surface area contributed by atoms with Crippen LogP contribution in [0.2, 0.25) is 0 Å². The van der Waals surface area contributed by atoms with E-state index in [0.717, 1.165) is 64.3 Å². The molecule has 2 nitrogen and oxygen atoms in total. The summed E-state index contributed by atoms with van der Waals surface area (Å²) in [5, 5.41) is 23.0. The lowest BCUT2D eigenvalue weighted by molar-refractivity contribution is 0.360. The Labute approximate surface area is 267 Å². The van der Waals surface area contributed by atoms with Crippen molar-refractivity contribution >= 4 is 10.8 Å². The van der Waals surface area contributed by atoms with Crippen LogP contribution in [-0.4, -0.2) is 10.2 Å². The van der Waals surface area contributed by atoms with Crippen molar-refractivity contribution < 1.29 is 10.2 Å². The number of benzene rings is 2. The molecule has 0 amide bonds. The average molecular weight is 595 g/mol. The normalized spacial score (nSPS) is 15.6. The van der Waals surface area contributed by atoms with E-state index in [4.69, 9.17) is 0 Å². The summed E-state index contributed by atoms with van der Waals surface area (Å²) in [5.41, 5.74) is 1.74. The summed E-state index contributed by atoms with van der Waals surface area (Å²) < 4.78 is 0. The molecule has 0 aliphatic rings. The predicted octanol–water partition coefficient (Wildman–Crippen LogP) is 13.2. The molecule has 2 aromatic carbocycles. The summed E-state index contributed by atoms with van der Waals surface area (Å²) in [4.78, 5) is 0. The van der Waals surface area contributed by atoms with E-state index in [9.17, 15) is 10.2 Å². The number of hydrogen-bond donors (Lipinski definition) is 2. The summed E-state index contributed by atoms with van der Waals surface area (Å²) in [5.74, 6) is 5.64. The maximum absolute atomic E-state index is 10.9. The third-order valence-electron chi connectivity index (χ3n) is 10.5. The first-order chi connectivity index (χ1) is 20.5. The van der Waals surface area contributed by atoms with Crippen LogP contribution in [0.3, 0.4) is 0 Å². The smallest absolute Gasteiger partial charge is 0.127 e. The zero-order valence-electron chi connectivity index (χ0n) is 29.7. The minimum Gasteiger partial charge on any atom is -0.507 e. The molecule has 0 radical (unpaired) electrons. The van der Waals surface area contributed by atoms with E-state index in [0.29, 0.717) is 17.4 Å². The van der Waals surface area contributed by atoms with Gasteiger partial charge < -0.3 is 10.2 Å². The highest BCUT2D eigenvalue weighted by molar-refractivity contribution is 5.95. The van der Waals surface area contributed by atoms with E-state index < -0.39 is 0 Å². The zero-order chi connectivity index (χ0) is 31.8. The van der Waals surface area contributed by atoms with E-state index in [1.165, 1.54) is 96.3 Å². The van der Waals surface area contributed by atoms with E-state index in [-0.39, 0.29) is 0 Å². The van der Waals surface area contributed by atoms with Crippen molar-refractivity contribution in [3.8, 4) is 11.5 Å². The lowest BCUT2D eigenvalue weighted by atomic mass is 9.88. The fraction of sp³-hybridized carbons (Fsp3) is 0.756. The molecule has 0 unspecified atom stereocenters. The molecular formula is C41H70O2. The van der Waals surface area contributed by atoms with Crippen LogP contribution in [0, 0.1) is 42.4 Å². The van der Waals surface area contributed by atoms with Gasteiger partial charge in [-0.3, -0.25) is 0 Å². The molecule has 2 N–H and O–H groups in total. The molecule has 0 heterocycles. The van der Waals surface area contributed by atoms with Crippen molar-refractivity contribution in [2.45, 2.75) is 165 Å². The van der Waals surface area contributed by atoms with Crippen molar-refractivity contribution in [2.24, 2.45) is 35.5 Å². The highest BCUT2D eigenvalue weighted by Gasteiger charge is 2.17. The largest absolute Gasteiger partial charge is 0.507 e. The molecule has 0 aliphatic heterocycles. The Morgan fingerprint density at radius 1 is 0.465 bits per heavy atom. The van der Waals surface area contributed by atoms with Crippen LogP contribution in [0.4, 0.5) is 0 Å². The molecule has 0 aromatic heterocycles. The second-order valence-corrected chi connectivity index (χ2v) is 15.5. The predicted molar refractivity (Wildman–Crippen MR) is 190 cm³/mol. The number of phenols is 2. The van der Waals surface area contributed by atoms with Crippen LogP contribution >= 0.6 is 0 Å². The van der Waals surface area contributed by atoms with Gasteiger partial charge in [-0.25, -0.2) is 0 Å². The molecular weight excluding hydrogens is 524 g/mol. The highest BCUT2D eigenvalue weighted by atomic mass is 16.3. The molecule has 0 aliphatic carbocycles. The Morgan fingerprint density at radius 3 is 1.16 bits per heavy atom. The topological polar surface area (TPSA) is 40.5 Å². The molecule has 5 atom stereocenters. The zero-order valence-corrected chi connectivity index (χ0v) is 29.7. The number of phenolic OH excluding ortho intramolecular Hbond substituents is 2. The van der Waals surface area contributed by atoms with Crippen LogP contribution in [0.25, 0.3) is 10.8 Å². The maximum Gasteiger partial charge on any atom is 0.127 e. The first kappa shape index (κ1) is 37.5. The second-order valence-electron chi connectivity index (χ2n) is 15.5.